The second kappa shape index (κ2) is 19.6. The number of amides is 1. The van der Waals surface area contributed by atoms with Gasteiger partial charge in [0.05, 0.1) is 24.8 Å². The largest absolute Gasteiger partial charge is 0.506 e. The minimum absolute atomic E-state index is 0.0673. The number of aliphatic hydroxyl groups excluding tert-OH is 1. The second-order valence-electron chi connectivity index (χ2n) is 15.2. The van der Waals surface area contributed by atoms with Gasteiger partial charge in [-0.2, -0.15) is 0 Å². The molecular weight excluding hydrogens is 761 g/mol. The summed E-state index contributed by atoms with van der Waals surface area (Å²) in [6.45, 7) is 4.10. The van der Waals surface area contributed by atoms with E-state index in [1.54, 1.807) is 72.8 Å². The summed E-state index contributed by atoms with van der Waals surface area (Å²) < 4.78 is 11.9. The zero-order valence-corrected chi connectivity index (χ0v) is 33.3. The standard InChI is InChI=1S/C48H50N4O8/c53-42-21-19-40(41-20-22-44(55)51-45(41)42)43(54)29-49-28-33-15-17-36(18-16-33)46(56)50-24-8-26-59-39-14-7-13-38(27-39)48(58,37-11-5-2-6-12-37)47(57)60-32-35-23-25-52(31-35)30-34-9-3-1-4-10-34/h1-7,9-22,27,35,43,49,53-54,58H,8,23-26,28-32H2,(H,50,56)(H,51,55)/t35-,43+,48+/m1/s1. The van der Waals surface area contributed by atoms with Gasteiger partial charge in [-0.05, 0) is 78.0 Å². The van der Waals surface area contributed by atoms with Crippen molar-refractivity contribution in [3.8, 4) is 11.5 Å². The van der Waals surface area contributed by atoms with Crippen LogP contribution in [0.4, 0.5) is 0 Å². The molecule has 310 valence electrons. The van der Waals surface area contributed by atoms with Gasteiger partial charge in [0.1, 0.15) is 11.5 Å². The maximum Gasteiger partial charge on any atom is 0.347 e. The van der Waals surface area contributed by atoms with E-state index in [4.69, 9.17) is 9.47 Å². The molecule has 7 rings (SSSR count). The third kappa shape index (κ3) is 10.3. The maximum absolute atomic E-state index is 13.8. The number of carbonyl (C=O) groups excluding carboxylic acids is 2. The van der Waals surface area contributed by atoms with Crippen molar-refractivity contribution in [2.45, 2.75) is 37.6 Å². The third-order valence-corrected chi connectivity index (χ3v) is 10.8. The van der Waals surface area contributed by atoms with Crippen molar-refractivity contribution < 1.29 is 34.4 Å². The quantitative estimate of drug-likeness (QED) is 0.0477. The fourth-order valence-electron chi connectivity index (χ4n) is 7.58. The molecule has 5 aromatic carbocycles. The lowest BCUT2D eigenvalue weighted by Gasteiger charge is -2.28. The number of hydrogen-bond donors (Lipinski definition) is 6. The highest BCUT2D eigenvalue weighted by molar-refractivity contribution is 5.94. The Labute approximate surface area is 348 Å². The van der Waals surface area contributed by atoms with E-state index in [0.29, 0.717) is 52.9 Å². The number of aliphatic hydroxyl groups is 2. The SMILES string of the molecule is O=C(NCCCOc1cccc([C@](O)(C(=O)OC[C@@H]2CCN(Cc3ccccc3)C2)c2ccccc2)c1)c1ccc(CNC[C@H](O)c2ccc(O)c3[nH]c(=O)ccc23)cc1. The number of carbonyl (C=O) groups is 2. The number of ether oxygens (including phenoxy) is 2. The lowest BCUT2D eigenvalue weighted by molar-refractivity contribution is -0.163. The number of phenolic OH excluding ortho intramolecular Hbond substituents is 1. The van der Waals surface area contributed by atoms with Crippen molar-refractivity contribution in [1.82, 2.24) is 20.5 Å². The number of aromatic nitrogens is 1. The minimum Gasteiger partial charge on any atom is -0.506 e. The summed E-state index contributed by atoms with van der Waals surface area (Å²) in [5, 5.41) is 39.7. The van der Waals surface area contributed by atoms with Crippen LogP contribution in [0.1, 0.15) is 57.1 Å². The number of nitrogens with one attached hydrogen (secondary N) is 3. The second-order valence-corrected chi connectivity index (χ2v) is 15.2. The van der Waals surface area contributed by atoms with E-state index in [1.165, 1.54) is 17.7 Å². The fraction of sp³-hybridized carbons (Fsp3) is 0.271. The molecule has 60 heavy (non-hydrogen) atoms. The Morgan fingerprint density at radius 3 is 2.40 bits per heavy atom. The van der Waals surface area contributed by atoms with Gasteiger partial charge in [-0.3, -0.25) is 14.5 Å². The summed E-state index contributed by atoms with van der Waals surface area (Å²) in [5.74, 6) is -0.395. The number of esters is 1. The van der Waals surface area contributed by atoms with Crippen LogP contribution in [-0.4, -0.2) is 76.5 Å². The number of phenols is 1. The number of rotatable bonds is 18. The Kier molecular flexibility index (Phi) is 13.7. The predicted octanol–water partition coefficient (Wildman–Crippen LogP) is 5.56. The molecule has 1 saturated heterocycles. The summed E-state index contributed by atoms with van der Waals surface area (Å²) in [7, 11) is 0. The molecule has 12 nitrogen and oxygen atoms in total. The molecule has 0 saturated carbocycles. The molecule has 1 amide bonds. The van der Waals surface area contributed by atoms with E-state index in [0.717, 1.165) is 31.6 Å². The van der Waals surface area contributed by atoms with Crippen LogP contribution in [0.25, 0.3) is 10.9 Å². The van der Waals surface area contributed by atoms with Gasteiger partial charge in [0, 0.05) is 61.2 Å². The zero-order valence-electron chi connectivity index (χ0n) is 33.3. The summed E-state index contributed by atoms with van der Waals surface area (Å²) >= 11 is 0. The first-order valence-corrected chi connectivity index (χ1v) is 20.2. The zero-order chi connectivity index (χ0) is 41.9. The Balaban J connectivity index is 0.861. The van der Waals surface area contributed by atoms with E-state index in [1.807, 2.05) is 36.4 Å². The molecule has 1 aliphatic rings. The van der Waals surface area contributed by atoms with Crippen LogP contribution >= 0.6 is 0 Å². The first kappa shape index (κ1) is 41.8. The normalized spacial score (nSPS) is 15.6. The van der Waals surface area contributed by atoms with Gasteiger partial charge in [-0.15, -0.1) is 0 Å². The van der Waals surface area contributed by atoms with Gasteiger partial charge in [0.2, 0.25) is 11.2 Å². The molecule has 0 aliphatic carbocycles. The molecule has 2 heterocycles. The number of fused-ring (bicyclic) bond motifs is 1. The molecule has 3 atom stereocenters. The predicted molar refractivity (Wildman–Crippen MR) is 228 cm³/mol. The molecule has 1 aliphatic heterocycles. The minimum atomic E-state index is -2.05. The van der Waals surface area contributed by atoms with E-state index >= 15 is 0 Å². The van der Waals surface area contributed by atoms with Crippen LogP contribution in [0.5, 0.6) is 11.5 Å². The molecular formula is C48H50N4O8. The van der Waals surface area contributed by atoms with Crippen LogP contribution < -0.4 is 20.9 Å². The highest BCUT2D eigenvalue weighted by atomic mass is 16.5. The van der Waals surface area contributed by atoms with Crippen LogP contribution in [-0.2, 0) is 28.2 Å². The van der Waals surface area contributed by atoms with Crippen molar-refractivity contribution in [2.75, 3.05) is 39.4 Å². The van der Waals surface area contributed by atoms with Crippen molar-refractivity contribution in [3.63, 3.8) is 0 Å². The van der Waals surface area contributed by atoms with Gasteiger partial charge in [-0.25, -0.2) is 4.79 Å². The van der Waals surface area contributed by atoms with Gasteiger partial charge in [0.25, 0.3) is 5.91 Å². The third-order valence-electron chi connectivity index (χ3n) is 10.8. The van der Waals surface area contributed by atoms with Crippen molar-refractivity contribution in [3.05, 3.63) is 177 Å². The number of nitrogens with zero attached hydrogens (tertiary/aromatic N) is 1. The Hall–Kier alpha value is -6.31. The van der Waals surface area contributed by atoms with Crippen LogP contribution in [0.3, 0.4) is 0 Å². The lowest BCUT2D eigenvalue weighted by Crippen LogP contribution is -2.39. The molecule has 0 unspecified atom stereocenters. The number of H-pyrrole nitrogens is 1. The number of pyridine rings is 1. The molecule has 6 aromatic rings. The molecule has 1 fully saturated rings. The molecule has 0 bridgehead atoms. The highest BCUT2D eigenvalue weighted by Gasteiger charge is 2.42. The van der Waals surface area contributed by atoms with Crippen molar-refractivity contribution >= 4 is 22.8 Å². The summed E-state index contributed by atoms with van der Waals surface area (Å²) in [4.78, 5) is 43.3. The Bertz CT molecular complexity index is 2430. The Morgan fingerprint density at radius 1 is 0.867 bits per heavy atom. The van der Waals surface area contributed by atoms with E-state index in [-0.39, 0.29) is 48.4 Å². The molecule has 0 radical (unpaired) electrons. The summed E-state index contributed by atoms with van der Waals surface area (Å²) in [6, 6.07) is 39.1. The first-order chi connectivity index (χ1) is 29.2. The lowest BCUT2D eigenvalue weighted by atomic mass is 9.86. The van der Waals surface area contributed by atoms with Gasteiger partial charge in [-0.1, -0.05) is 91.0 Å². The van der Waals surface area contributed by atoms with Crippen LogP contribution in [0, 0.1) is 5.92 Å². The number of aromatic amines is 1. The molecule has 6 N–H and O–H groups in total. The smallest absolute Gasteiger partial charge is 0.347 e. The fourth-order valence-corrected chi connectivity index (χ4v) is 7.58. The number of likely N-dealkylation sites (tertiary alicyclic amines) is 1. The summed E-state index contributed by atoms with van der Waals surface area (Å²) in [6.07, 6.45) is 0.531. The maximum atomic E-state index is 13.8. The monoisotopic (exact) mass is 810 g/mol. The molecule has 0 spiro atoms. The topological polar surface area (TPSA) is 173 Å². The van der Waals surface area contributed by atoms with Crippen LogP contribution in [0.15, 0.2) is 138 Å². The van der Waals surface area contributed by atoms with Gasteiger partial charge >= 0.3 is 5.97 Å². The van der Waals surface area contributed by atoms with E-state index < -0.39 is 17.7 Å². The van der Waals surface area contributed by atoms with Crippen molar-refractivity contribution in [2.24, 2.45) is 5.92 Å². The van der Waals surface area contributed by atoms with Crippen LogP contribution in [0.2, 0.25) is 0 Å². The number of aromatic hydroxyl groups is 1. The van der Waals surface area contributed by atoms with Gasteiger partial charge in [0.15, 0.2) is 0 Å². The summed E-state index contributed by atoms with van der Waals surface area (Å²) in [5.41, 5.74) is 1.86. The average Bonchev–Trinajstić information content (AvgIpc) is 3.73. The Morgan fingerprint density at radius 2 is 1.62 bits per heavy atom. The molecule has 1 aromatic heterocycles. The molecule has 12 heteroatoms. The van der Waals surface area contributed by atoms with E-state index in [9.17, 15) is 29.7 Å². The first-order valence-electron chi connectivity index (χ1n) is 20.2. The number of hydrogen-bond acceptors (Lipinski definition) is 10. The highest BCUT2D eigenvalue weighted by Crippen LogP contribution is 2.34. The average molecular weight is 811 g/mol. The van der Waals surface area contributed by atoms with Crippen molar-refractivity contribution in [1.29, 1.82) is 0 Å². The van der Waals surface area contributed by atoms with Gasteiger partial charge < -0.3 is 40.4 Å². The number of benzene rings is 5. The van der Waals surface area contributed by atoms with E-state index in [2.05, 4.69) is 32.7 Å².